The van der Waals surface area contributed by atoms with Gasteiger partial charge in [-0.2, -0.15) is 4.31 Å². The number of carbonyl (C=O) groups excluding carboxylic acids is 2. The summed E-state index contributed by atoms with van der Waals surface area (Å²) in [7, 11) is -2.65. The van der Waals surface area contributed by atoms with E-state index in [2.05, 4.69) is 12.2 Å². The first-order valence-electron chi connectivity index (χ1n) is 11.4. The van der Waals surface area contributed by atoms with Crippen molar-refractivity contribution in [3.05, 3.63) is 59.7 Å². The average Bonchev–Trinajstić information content (AvgIpc) is 2.84. The number of ether oxygens (including phenoxy) is 1. The topological polar surface area (TPSA) is 92.8 Å². The number of benzene rings is 2. The maximum atomic E-state index is 13.1. The van der Waals surface area contributed by atoms with Crippen LogP contribution in [0.4, 0.5) is 5.69 Å². The van der Waals surface area contributed by atoms with E-state index in [9.17, 15) is 18.0 Å². The lowest BCUT2D eigenvalue weighted by Gasteiger charge is -2.31. The van der Waals surface area contributed by atoms with Crippen molar-refractivity contribution in [2.24, 2.45) is 5.92 Å². The normalized spacial score (nSPS) is 15.2. The van der Waals surface area contributed by atoms with E-state index in [0.717, 1.165) is 18.5 Å². The van der Waals surface area contributed by atoms with Crippen LogP contribution in [0, 0.1) is 5.92 Å². The Hall–Kier alpha value is -2.71. The van der Waals surface area contributed by atoms with Gasteiger partial charge in [-0.25, -0.2) is 13.2 Å². The number of rotatable bonds is 9. The number of hydrogen-bond donors (Lipinski definition) is 1. The van der Waals surface area contributed by atoms with Crippen LogP contribution < -0.4 is 5.32 Å². The SMILES string of the molecule is CCCCCc1ccc(NC(=O)C2CCN(S(=O)(=O)c3ccccc3C(=O)OC)CC2)cc1. The van der Waals surface area contributed by atoms with E-state index in [4.69, 9.17) is 4.74 Å². The molecule has 0 spiro atoms. The number of unbranched alkanes of at least 4 members (excludes halogenated alkanes) is 2. The fourth-order valence-corrected chi connectivity index (χ4v) is 5.70. The zero-order chi connectivity index (χ0) is 23.8. The maximum Gasteiger partial charge on any atom is 0.339 e. The van der Waals surface area contributed by atoms with Gasteiger partial charge in [-0.1, -0.05) is 44.0 Å². The first-order valence-corrected chi connectivity index (χ1v) is 12.9. The average molecular weight is 473 g/mol. The number of aryl methyl sites for hydroxylation is 1. The van der Waals surface area contributed by atoms with Gasteiger partial charge in [-0.15, -0.1) is 0 Å². The molecule has 0 aliphatic carbocycles. The molecule has 0 saturated carbocycles. The Balaban J connectivity index is 1.58. The molecule has 2 aromatic carbocycles. The number of methoxy groups -OCH3 is 1. The summed E-state index contributed by atoms with van der Waals surface area (Å²) < 4.78 is 32.3. The molecular formula is C25H32N2O5S. The summed E-state index contributed by atoms with van der Waals surface area (Å²) in [6.45, 7) is 2.61. The van der Waals surface area contributed by atoms with Crippen LogP contribution in [-0.4, -0.2) is 44.8 Å². The summed E-state index contributed by atoms with van der Waals surface area (Å²) >= 11 is 0. The molecule has 1 aliphatic heterocycles. The van der Waals surface area contributed by atoms with E-state index >= 15 is 0 Å². The quantitative estimate of drug-likeness (QED) is 0.435. The van der Waals surface area contributed by atoms with E-state index in [1.165, 1.54) is 42.0 Å². The highest BCUT2D eigenvalue weighted by Crippen LogP contribution is 2.27. The van der Waals surface area contributed by atoms with Crippen LogP contribution in [-0.2, 0) is 26.0 Å². The second-order valence-electron chi connectivity index (χ2n) is 8.31. The zero-order valence-electron chi connectivity index (χ0n) is 19.2. The number of nitrogens with one attached hydrogen (secondary N) is 1. The standard InChI is InChI=1S/C25H32N2O5S/c1-3-4-5-8-19-11-13-21(14-12-19)26-24(28)20-15-17-27(18-16-20)33(30,31)23-10-7-6-9-22(23)25(29)32-2/h6-7,9-14,20H,3-5,8,15-18H2,1-2H3,(H,26,28). The molecule has 2 aromatic rings. The van der Waals surface area contributed by atoms with E-state index in [1.54, 1.807) is 12.1 Å². The van der Waals surface area contributed by atoms with Gasteiger partial charge in [0.1, 0.15) is 0 Å². The molecule has 178 valence electrons. The molecule has 1 saturated heterocycles. The van der Waals surface area contributed by atoms with Crippen LogP contribution >= 0.6 is 0 Å². The Morgan fingerprint density at radius 3 is 2.33 bits per heavy atom. The van der Waals surface area contributed by atoms with Crippen LogP contribution in [0.2, 0.25) is 0 Å². The van der Waals surface area contributed by atoms with E-state index in [0.29, 0.717) is 12.8 Å². The van der Waals surface area contributed by atoms with Gasteiger partial charge in [0.2, 0.25) is 15.9 Å². The number of esters is 1. The molecule has 7 nitrogen and oxygen atoms in total. The third-order valence-corrected chi connectivity index (χ3v) is 7.98. The summed E-state index contributed by atoms with van der Waals surface area (Å²) in [5, 5.41) is 2.95. The first-order chi connectivity index (χ1) is 15.9. The fraction of sp³-hybridized carbons (Fsp3) is 0.440. The smallest absolute Gasteiger partial charge is 0.339 e. The van der Waals surface area contributed by atoms with Gasteiger partial charge in [-0.3, -0.25) is 4.79 Å². The molecule has 1 aliphatic rings. The molecule has 0 atom stereocenters. The largest absolute Gasteiger partial charge is 0.465 e. The minimum absolute atomic E-state index is 0.0120. The van der Waals surface area contributed by atoms with Crippen molar-refractivity contribution < 1.29 is 22.7 Å². The molecule has 0 unspecified atom stereocenters. The monoisotopic (exact) mass is 472 g/mol. The van der Waals surface area contributed by atoms with E-state index in [1.807, 2.05) is 24.3 Å². The van der Waals surface area contributed by atoms with Gasteiger partial charge in [-0.05, 0) is 55.5 Å². The second-order valence-corrected chi connectivity index (χ2v) is 10.2. The Morgan fingerprint density at radius 1 is 1.03 bits per heavy atom. The summed E-state index contributed by atoms with van der Waals surface area (Å²) in [5.74, 6) is -1.06. The van der Waals surface area contributed by atoms with Gasteiger partial charge in [0, 0.05) is 24.7 Å². The molecule has 0 bridgehead atoms. The number of hydrogen-bond acceptors (Lipinski definition) is 5. The Bertz CT molecular complexity index is 1060. The molecule has 1 N–H and O–H groups in total. The fourth-order valence-electron chi connectivity index (χ4n) is 4.05. The third-order valence-electron chi connectivity index (χ3n) is 6.03. The predicted octanol–water partition coefficient (Wildman–Crippen LogP) is 4.25. The summed E-state index contributed by atoms with van der Waals surface area (Å²) in [6.07, 6.45) is 5.43. The van der Waals surface area contributed by atoms with Crippen molar-refractivity contribution >= 4 is 27.6 Å². The lowest BCUT2D eigenvalue weighted by atomic mass is 9.97. The van der Waals surface area contributed by atoms with Crippen molar-refractivity contribution in [3.8, 4) is 0 Å². The van der Waals surface area contributed by atoms with Crippen molar-refractivity contribution in [1.82, 2.24) is 4.31 Å². The zero-order valence-corrected chi connectivity index (χ0v) is 20.1. The first kappa shape index (κ1) is 24.9. The molecule has 0 aromatic heterocycles. The summed E-state index contributed by atoms with van der Waals surface area (Å²) in [4.78, 5) is 24.7. The lowest BCUT2D eigenvalue weighted by molar-refractivity contribution is -0.120. The van der Waals surface area contributed by atoms with Gasteiger partial charge in [0.05, 0.1) is 17.6 Å². The molecule has 3 rings (SSSR count). The summed E-state index contributed by atoms with van der Waals surface area (Å²) in [5.41, 5.74) is 2.02. The number of nitrogens with zero attached hydrogens (tertiary/aromatic N) is 1. The molecule has 1 amide bonds. The lowest BCUT2D eigenvalue weighted by Crippen LogP contribution is -2.41. The minimum Gasteiger partial charge on any atom is -0.465 e. The molecular weight excluding hydrogens is 440 g/mol. The highest BCUT2D eigenvalue weighted by Gasteiger charge is 2.34. The van der Waals surface area contributed by atoms with Gasteiger partial charge < -0.3 is 10.1 Å². The molecule has 33 heavy (non-hydrogen) atoms. The van der Waals surface area contributed by atoms with Crippen molar-refractivity contribution in [2.45, 2.75) is 50.3 Å². The Kier molecular flexibility index (Phi) is 8.63. The number of amides is 1. The minimum atomic E-state index is -3.87. The van der Waals surface area contributed by atoms with E-state index in [-0.39, 0.29) is 35.4 Å². The highest BCUT2D eigenvalue weighted by atomic mass is 32.2. The molecule has 0 radical (unpaired) electrons. The predicted molar refractivity (Wildman–Crippen MR) is 128 cm³/mol. The number of carbonyl (C=O) groups is 2. The molecule has 1 heterocycles. The van der Waals surface area contributed by atoms with Crippen LogP contribution in [0.15, 0.2) is 53.4 Å². The van der Waals surface area contributed by atoms with Crippen molar-refractivity contribution in [3.63, 3.8) is 0 Å². The molecule has 8 heteroatoms. The number of piperidine rings is 1. The van der Waals surface area contributed by atoms with Gasteiger partial charge in [0.25, 0.3) is 0 Å². The van der Waals surface area contributed by atoms with E-state index < -0.39 is 16.0 Å². The highest BCUT2D eigenvalue weighted by molar-refractivity contribution is 7.89. The van der Waals surface area contributed by atoms with Crippen molar-refractivity contribution in [1.29, 1.82) is 0 Å². The number of sulfonamides is 1. The summed E-state index contributed by atoms with van der Waals surface area (Å²) in [6, 6.07) is 13.9. The third kappa shape index (κ3) is 6.21. The molecule has 1 fully saturated rings. The van der Waals surface area contributed by atoms with Crippen LogP contribution in [0.5, 0.6) is 0 Å². The van der Waals surface area contributed by atoms with Crippen LogP contribution in [0.1, 0.15) is 54.9 Å². The number of anilines is 1. The Morgan fingerprint density at radius 2 is 1.70 bits per heavy atom. The van der Waals surface area contributed by atoms with Crippen molar-refractivity contribution in [2.75, 3.05) is 25.5 Å². The Labute approximate surface area is 196 Å². The van der Waals surface area contributed by atoms with Gasteiger partial charge >= 0.3 is 5.97 Å². The van der Waals surface area contributed by atoms with Crippen LogP contribution in [0.3, 0.4) is 0 Å². The second kappa shape index (κ2) is 11.4. The maximum absolute atomic E-state index is 13.1. The van der Waals surface area contributed by atoms with Crippen LogP contribution in [0.25, 0.3) is 0 Å². The van der Waals surface area contributed by atoms with Gasteiger partial charge in [0.15, 0.2) is 0 Å².